The van der Waals surface area contributed by atoms with Crippen molar-refractivity contribution in [1.82, 2.24) is 25.4 Å². The number of carbonyl (C=O) groups excluding carboxylic acids is 2. The molecule has 0 aliphatic rings. The molecule has 0 aliphatic carbocycles. The monoisotopic (exact) mass is 399 g/mol. The maximum Gasteiger partial charge on any atom is 0.321 e. The van der Waals surface area contributed by atoms with E-state index in [1.165, 1.54) is 13.1 Å². The maximum absolute atomic E-state index is 14.1. The number of rotatable bonds is 5. The van der Waals surface area contributed by atoms with Crippen LogP contribution in [0.5, 0.6) is 0 Å². The molecule has 0 saturated heterocycles. The zero-order valence-corrected chi connectivity index (χ0v) is 16.0. The Bertz CT molecular complexity index is 993. The standard InChI is InChI=1S/C19H18FN5O2S/c1-21-18(27)22-17(26)15(12-8-4-3-5-9-12)28-19-24-23-16(25(19)2)13-10-6-7-11-14(13)20/h3-11,15H,1-2H3,(H2,21,22,26,27)/t15-/m0/s1. The van der Waals surface area contributed by atoms with E-state index in [4.69, 9.17) is 0 Å². The lowest BCUT2D eigenvalue weighted by atomic mass is 10.1. The van der Waals surface area contributed by atoms with Gasteiger partial charge in [-0.1, -0.05) is 54.2 Å². The van der Waals surface area contributed by atoms with Crippen LogP contribution in [0.2, 0.25) is 0 Å². The van der Waals surface area contributed by atoms with Crippen molar-refractivity contribution in [2.45, 2.75) is 10.4 Å². The second-order valence-electron chi connectivity index (χ2n) is 5.82. The normalized spacial score (nSPS) is 11.7. The molecule has 1 atom stereocenters. The number of urea groups is 1. The zero-order valence-electron chi connectivity index (χ0n) is 15.2. The van der Waals surface area contributed by atoms with Crippen LogP contribution in [-0.4, -0.2) is 33.8 Å². The van der Waals surface area contributed by atoms with Crippen LogP contribution in [0.25, 0.3) is 11.4 Å². The number of imide groups is 1. The summed E-state index contributed by atoms with van der Waals surface area (Å²) in [7, 11) is 3.12. The summed E-state index contributed by atoms with van der Waals surface area (Å²) in [5.74, 6) is -0.559. The van der Waals surface area contributed by atoms with Crippen LogP contribution in [0.1, 0.15) is 10.8 Å². The third kappa shape index (κ3) is 4.20. The Balaban J connectivity index is 1.92. The number of hydrogen-bond acceptors (Lipinski definition) is 5. The van der Waals surface area contributed by atoms with Gasteiger partial charge in [-0.15, -0.1) is 10.2 Å². The van der Waals surface area contributed by atoms with Crippen LogP contribution in [-0.2, 0) is 11.8 Å². The zero-order chi connectivity index (χ0) is 20.1. The minimum Gasteiger partial charge on any atom is -0.341 e. The van der Waals surface area contributed by atoms with Gasteiger partial charge < -0.3 is 9.88 Å². The number of nitrogens with one attached hydrogen (secondary N) is 2. The highest BCUT2D eigenvalue weighted by molar-refractivity contribution is 8.00. The molecule has 0 radical (unpaired) electrons. The average Bonchev–Trinajstić information content (AvgIpc) is 3.07. The van der Waals surface area contributed by atoms with E-state index in [0.29, 0.717) is 22.1 Å². The van der Waals surface area contributed by atoms with Crippen molar-refractivity contribution in [3.8, 4) is 11.4 Å². The van der Waals surface area contributed by atoms with Gasteiger partial charge in [0.05, 0.1) is 5.56 Å². The molecule has 0 saturated carbocycles. The molecule has 9 heteroatoms. The fraction of sp³-hybridized carbons (Fsp3) is 0.158. The van der Waals surface area contributed by atoms with Crippen molar-refractivity contribution in [2.75, 3.05) is 7.05 Å². The van der Waals surface area contributed by atoms with Gasteiger partial charge in [0.15, 0.2) is 11.0 Å². The first-order valence-corrected chi connectivity index (χ1v) is 9.27. The number of nitrogens with zero attached hydrogens (tertiary/aromatic N) is 3. The molecule has 3 aromatic rings. The summed E-state index contributed by atoms with van der Waals surface area (Å²) in [4.78, 5) is 24.2. The largest absolute Gasteiger partial charge is 0.341 e. The van der Waals surface area contributed by atoms with Crippen molar-refractivity contribution < 1.29 is 14.0 Å². The second kappa shape index (κ2) is 8.66. The summed E-state index contributed by atoms with van der Waals surface area (Å²) >= 11 is 1.13. The van der Waals surface area contributed by atoms with Crippen molar-refractivity contribution in [3.63, 3.8) is 0 Å². The lowest BCUT2D eigenvalue weighted by Gasteiger charge is -2.16. The number of aromatic nitrogens is 3. The Kier molecular flexibility index (Phi) is 6.05. The molecule has 0 aliphatic heterocycles. The number of carbonyl (C=O) groups is 2. The van der Waals surface area contributed by atoms with Gasteiger partial charge in [-0.05, 0) is 17.7 Å². The van der Waals surface area contributed by atoms with Gasteiger partial charge in [0, 0.05) is 14.1 Å². The van der Waals surface area contributed by atoms with E-state index >= 15 is 0 Å². The minimum atomic E-state index is -0.741. The smallest absolute Gasteiger partial charge is 0.321 e. The number of hydrogen-bond donors (Lipinski definition) is 2. The highest BCUT2D eigenvalue weighted by Gasteiger charge is 2.26. The summed E-state index contributed by atoms with van der Waals surface area (Å²) < 4.78 is 15.7. The lowest BCUT2D eigenvalue weighted by Crippen LogP contribution is -2.39. The van der Waals surface area contributed by atoms with E-state index in [1.807, 2.05) is 6.07 Å². The predicted octanol–water partition coefficient (Wildman–Crippen LogP) is 2.91. The fourth-order valence-electron chi connectivity index (χ4n) is 2.54. The van der Waals surface area contributed by atoms with Gasteiger partial charge in [-0.25, -0.2) is 9.18 Å². The topological polar surface area (TPSA) is 88.9 Å². The summed E-state index contributed by atoms with van der Waals surface area (Å²) in [6.45, 7) is 0. The molecule has 144 valence electrons. The molecule has 2 N–H and O–H groups in total. The molecule has 2 aromatic carbocycles. The van der Waals surface area contributed by atoms with E-state index in [2.05, 4.69) is 20.8 Å². The van der Waals surface area contributed by atoms with Crippen molar-refractivity contribution in [3.05, 3.63) is 66.0 Å². The second-order valence-corrected chi connectivity index (χ2v) is 6.89. The Morgan fingerprint density at radius 1 is 1.07 bits per heavy atom. The quantitative estimate of drug-likeness (QED) is 0.644. The first-order valence-electron chi connectivity index (χ1n) is 8.39. The van der Waals surface area contributed by atoms with Crippen LogP contribution < -0.4 is 10.6 Å². The number of benzene rings is 2. The first kappa shape index (κ1) is 19.6. The molecular formula is C19H18FN5O2S. The van der Waals surface area contributed by atoms with Crippen molar-refractivity contribution in [1.29, 1.82) is 0 Å². The molecule has 1 heterocycles. The minimum absolute atomic E-state index is 0.315. The van der Waals surface area contributed by atoms with Crippen LogP contribution in [0.3, 0.4) is 0 Å². The summed E-state index contributed by atoms with van der Waals surface area (Å²) in [5, 5.41) is 12.5. The SMILES string of the molecule is CNC(=O)NC(=O)[C@@H](Sc1nnc(-c2ccccc2F)n1C)c1ccccc1. The van der Waals surface area contributed by atoms with Gasteiger partial charge in [-0.2, -0.15) is 0 Å². The molecule has 0 unspecified atom stereocenters. The average molecular weight is 399 g/mol. The van der Waals surface area contributed by atoms with Crippen LogP contribution >= 0.6 is 11.8 Å². The van der Waals surface area contributed by atoms with E-state index in [1.54, 1.807) is 54.1 Å². The van der Waals surface area contributed by atoms with Gasteiger partial charge >= 0.3 is 6.03 Å². The number of thioether (sulfide) groups is 1. The number of halogens is 1. The van der Waals surface area contributed by atoms with Crippen LogP contribution in [0.4, 0.5) is 9.18 Å². The molecule has 1 aromatic heterocycles. The molecule has 0 spiro atoms. The molecule has 3 amide bonds. The highest BCUT2D eigenvalue weighted by atomic mass is 32.2. The van der Waals surface area contributed by atoms with Crippen LogP contribution in [0.15, 0.2) is 59.8 Å². The third-order valence-electron chi connectivity index (χ3n) is 3.98. The molecule has 0 bridgehead atoms. The Labute approximate surface area is 165 Å². The van der Waals surface area contributed by atoms with Gasteiger partial charge in [0.25, 0.3) is 0 Å². The van der Waals surface area contributed by atoms with Crippen molar-refractivity contribution >= 4 is 23.7 Å². The van der Waals surface area contributed by atoms with Gasteiger partial charge in [0.2, 0.25) is 5.91 Å². The fourth-order valence-corrected chi connectivity index (χ4v) is 3.54. The van der Waals surface area contributed by atoms with Crippen LogP contribution in [0, 0.1) is 5.82 Å². The molecule has 0 fully saturated rings. The highest BCUT2D eigenvalue weighted by Crippen LogP contribution is 2.35. The summed E-state index contributed by atoms with van der Waals surface area (Å²) in [6, 6.07) is 14.7. The van der Waals surface area contributed by atoms with E-state index in [0.717, 1.165) is 11.8 Å². The summed E-state index contributed by atoms with van der Waals surface area (Å²) in [5.41, 5.74) is 1.01. The maximum atomic E-state index is 14.1. The molecule has 3 rings (SSSR count). The molecular weight excluding hydrogens is 381 g/mol. The Hall–Kier alpha value is -3.20. The van der Waals surface area contributed by atoms with E-state index < -0.39 is 23.0 Å². The number of amides is 3. The van der Waals surface area contributed by atoms with Crippen molar-refractivity contribution in [2.24, 2.45) is 7.05 Å². The van der Waals surface area contributed by atoms with E-state index in [9.17, 15) is 14.0 Å². The summed E-state index contributed by atoms with van der Waals surface area (Å²) in [6.07, 6.45) is 0. The van der Waals surface area contributed by atoms with Gasteiger partial charge in [-0.3, -0.25) is 10.1 Å². The molecule has 28 heavy (non-hydrogen) atoms. The predicted molar refractivity (Wildman–Crippen MR) is 104 cm³/mol. The van der Waals surface area contributed by atoms with E-state index in [-0.39, 0.29) is 0 Å². The lowest BCUT2D eigenvalue weighted by molar-refractivity contribution is -0.119. The van der Waals surface area contributed by atoms with Gasteiger partial charge in [0.1, 0.15) is 11.1 Å². The Morgan fingerprint density at radius 3 is 2.43 bits per heavy atom. The molecule has 7 nitrogen and oxygen atoms in total. The first-order chi connectivity index (χ1) is 13.5. The Morgan fingerprint density at radius 2 is 1.75 bits per heavy atom. The third-order valence-corrected chi connectivity index (χ3v) is 5.27.